The van der Waals surface area contributed by atoms with Crippen molar-refractivity contribution in [3.05, 3.63) is 23.8 Å². The van der Waals surface area contributed by atoms with Crippen molar-refractivity contribution in [3.8, 4) is 11.5 Å². The Morgan fingerprint density at radius 3 is 2.26 bits per heavy atom. The number of phenols is 2. The predicted octanol–water partition coefficient (Wildman–Crippen LogP) is 1.47. The van der Waals surface area contributed by atoms with E-state index in [9.17, 15) is 19.8 Å². The van der Waals surface area contributed by atoms with Crippen molar-refractivity contribution < 1.29 is 24.9 Å². The Morgan fingerprint density at radius 1 is 1.21 bits per heavy atom. The van der Waals surface area contributed by atoms with Crippen LogP contribution in [0.3, 0.4) is 0 Å². The summed E-state index contributed by atoms with van der Waals surface area (Å²) in [5.74, 6) is -2.27. The highest BCUT2D eigenvalue weighted by Crippen LogP contribution is 2.20. The molecule has 6 heteroatoms. The topological polar surface area (TPSA) is 107 Å². The number of nitrogens with one attached hydrogen (secondary N) is 1. The van der Waals surface area contributed by atoms with E-state index in [1.807, 2.05) is 6.92 Å². The molecule has 1 aromatic carbocycles. The van der Waals surface area contributed by atoms with E-state index < -0.39 is 17.9 Å². The lowest BCUT2D eigenvalue weighted by atomic mass is 10.1. The molecule has 0 saturated carbocycles. The van der Waals surface area contributed by atoms with E-state index in [1.54, 1.807) is 0 Å². The molecule has 0 aliphatic rings. The van der Waals surface area contributed by atoms with Gasteiger partial charge in [0.2, 0.25) is 0 Å². The van der Waals surface area contributed by atoms with Crippen molar-refractivity contribution >= 4 is 11.9 Å². The quantitative estimate of drug-likeness (QED) is 0.624. The molecule has 0 aromatic heterocycles. The van der Waals surface area contributed by atoms with Crippen LogP contribution in [0, 0.1) is 0 Å². The first-order valence-electron chi connectivity index (χ1n) is 6.00. The summed E-state index contributed by atoms with van der Waals surface area (Å²) < 4.78 is 0. The lowest BCUT2D eigenvalue weighted by molar-refractivity contribution is -0.139. The fraction of sp³-hybridized carbons (Fsp3) is 0.385. The maximum atomic E-state index is 11.8. The highest BCUT2D eigenvalue weighted by Gasteiger charge is 2.20. The van der Waals surface area contributed by atoms with Crippen molar-refractivity contribution in [1.29, 1.82) is 0 Å². The first-order valence-corrected chi connectivity index (χ1v) is 6.00. The van der Waals surface area contributed by atoms with Crippen LogP contribution in [0.25, 0.3) is 0 Å². The number of carbonyl (C=O) groups excluding carboxylic acids is 1. The Bertz CT molecular complexity index is 452. The first-order chi connectivity index (χ1) is 8.93. The highest BCUT2D eigenvalue weighted by molar-refractivity contribution is 5.97. The second-order valence-electron chi connectivity index (χ2n) is 4.24. The molecule has 1 atom stereocenters. The Balaban J connectivity index is 2.78. The maximum absolute atomic E-state index is 11.8. The molecule has 0 unspecified atom stereocenters. The number of unbranched alkanes of at least 4 members (excludes halogenated alkanes) is 1. The van der Waals surface area contributed by atoms with Gasteiger partial charge in [-0.3, -0.25) is 4.79 Å². The van der Waals surface area contributed by atoms with E-state index in [1.165, 1.54) is 0 Å². The molecular formula is C13H17NO5. The van der Waals surface area contributed by atoms with Crippen molar-refractivity contribution in [2.75, 3.05) is 0 Å². The van der Waals surface area contributed by atoms with Crippen LogP contribution < -0.4 is 5.32 Å². The lowest BCUT2D eigenvalue weighted by Gasteiger charge is -2.14. The molecular weight excluding hydrogens is 250 g/mol. The molecule has 1 aromatic rings. The summed E-state index contributed by atoms with van der Waals surface area (Å²) in [5.41, 5.74) is 0.0141. The number of amides is 1. The van der Waals surface area contributed by atoms with Crippen LogP contribution in [0.2, 0.25) is 0 Å². The van der Waals surface area contributed by atoms with Crippen LogP contribution in [-0.4, -0.2) is 33.2 Å². The maximum Gasteiger partial charge on any atom is 0.326 e. The average Bonchev–Trinajstić information content (AvgIpc) is 2.32. The normalized spacial score (nSPS) is 11.8. The summed E-state index contributed by atoms with van der Waals surface area (Å²) in [5, 5.41) is 29.9. The van der Waals surface area contributed by atoms with Gasteiger partial charge >= 0.3 is 5.97 Å². The number of phenolic OH excluding ortho intramolecular Hbond substituents is 2. The Hall–Kier alpha value is -2.24. The van der Waals surface area contributed by atoms with E-state index in [-0.39, 0.29) is 17.1 Å². The summed E-state index contributed by atoms with van der Waals surface area (Å²) in [4.78, 5) is 22.8. The zero-order valence-electron chi connectivity index (χ0n) is 10.6. The lowest BCUT2D eigenvalue weighted by Crippen LogP contribution is -2.40. The number of carboxylic acid groups (broad SMARTS) is 1. The van der Waals surface area contributed by atoms with Crippen molar-refractivity contribution in [3.63, 3.8) is 0 Å². The minimum Gasteiger partial charge on any atom is -0.508 e. The fourth-order valence-electron chi connectivity index (χ4n) is 1.63. The molecule has 19 heavy (non-hydrogen) atoms. The molecule has 1 amide bonds. The van der Waals surface area contributed by atoms with Crippen LogP contribution in [0.1, 0.15) is 36.5 Å². The minimum atomic E-state index is -1.11. The van der Waals surface area contributed by atoms with Gasteiger partial charge in [-0.15, -0.1) is 0 Å². The van der Waals surface area contributed by atoms with Gasteiger partial charge in [-0.25, -0.2) is 4.79 Å². The van der Waals surface area contributed by atoms with Crippen molar-refractivity contribution in [2.24, 2.45) is 0 Å². The number of aromatic hydroxyl groups is 2. The number of hydrogen-bond acceptors (Lipinski definition) is 4. The molecule has 104 valence electrons. The SMILES string of the molecule is CCCC[C@H](NC(=O)c1cc(O)cc(O)c1)C(=O)O. The van der Waals surface area contributed by atoms with Crippen LogP contribution >= 0.6 is 0 Å². The third-order valence-corrected chi connectivity index (χ3v) is 2.61. The van der Waals surface area contributed by atoms with Gasteiger partial charge in [0, 0.05) is 11.6 Å². The van der Waals surface area contributed by atoms with Gasteiger partial charge in [0.05, 0.1) is 0 Å². The van der Waals surface area contributed by atoms with Crippen molar-refractivity contribution in [2.45, 2.75) is 32.2 Å². The summed E-state index contributed by atoms with van der Waals surface area (Å²) in [6.07, 6.45) is 1.84. The smallest absolute Gasteiger partial charge is 0.326 e. The van der Waals surface area contributed by atoms with Gasteiger partial charge in [-0.05, 0) is 18.6 Å². The number of rotatable bonds is 6. The molecule has 4 N–H and O–H groups in total. The first kappa shape index (κ1) is 14.8. The summed E-state index contributed by atoms with van der Waals surface area (Å²) in [6.45, 7) is 1.92. The van der Waals surface area contributed by atoms with Gasteiger partial charge < -0.3 is 20.6 Å². The Labute approximate surface area is 110 Å². The second-order valence-corrected chi connectivity index (χ2v) is 4.24. The van der Waals surface area contributed by atoms with Crippen molar-refractivity contribution in [1.82, 2.24) is 5.32 Å². The molecule has 6 nitrogen and oxygen atoms in total. The largest absolute Gasteiger partial charge is 0.508 e. The number of benzene rings is 1. The number of carbonyl (C=O) groups is 2. The van der Waals surface area contributed by atoms with Crippen LogP contribution in [0.5, 0.6) is 11.5 Å². The standard InChI is InChI=1S/C13H17NO5/c1-2-3-4-11(13(18)19)14-12(17)8-5-9(15)7-10(16)6-8/h5-7,11,15-16H,2-4H2,1H3,(H,14,17)(H,18,19)/t11-/m0/s1. The zero-order valence-corrected chi connectivity index (χ0v) is 10.6. The predicted molar refractivity (Wildman–Crippen MR) is 68.2 cm³/mol. The molecule has 0 spiro atoms. The minimum absolute atomic E-state index is 0.0141. The third-order valence-electron chi connectivity index (χ3n) is 2.61. The van der Waals surface area contributed by atoms with Crippen LogP contribution in [-0.2, 0) is 4.79 Å². The van der Waals surface area contributed by atoms with Crippen LogP contribution in [0.15, 0.2) is 18.2 Å². The van der Waals surface area contributed by atoms with Gasteiger partial charge in [-0.2, -0.15) is 0 Å². The van der Waals surface area contributed by atoms with E-state index in [4.69, 9.17) is 5.11 Å². The van der Waals surface area contributed by atoms with E-state index in [2.05, 4.69) is 5.32 Å². The van der Waals surface area contributed by atoms with E-state index >= 15 is 0 Å². The second kappa shape index (κ2) is 6.63. The third kappa shape index (κ3) is 4.50. The van der Waals surface area contributed by atoms with E-state index in [0.717, 1.165) is 24.6 Å². The zero-order chi connectivity index (χ0) is 14.4. The number of hydrogen-bond donors (Lipinski definition) is 4. The summed E-state index contributed by atoms with van der Waals surface area (Å²) in [7, 11) is 0. The van der Waals surface area contributed by atoms with Gasteiger partial charge in [0.15, 0.2) is 0 Å². The fourth-order valence-corrected chi connectivity index (χ4v) is 1.63. The summed E-state index contributed by atoms with van der Waals surface area (Å²) in [6, 6.07) is 2.43. The molecule has 0 bridgehead atoms. The van der Waals surface area contributed by atoms with E-state index in [0.29, 0.717) is 12.8 Å². The van der Waals surface area contributed by atoms with Crippen LogP contribution in [0.4, 0.5) is 0 Å². The molecule has 0 radical (unpaired) electrons. The monoisotopic (exact) mass is 267 g/mol. The van der Waals surface area contributed by atoms with Gasteiger partial charge in [0.1, 0.15) is 17.5 Å². The number of carboxylic acids is 1. The molecule has 0 aliphatic heterocycles. The van der Waals surface area contributed by atoms with Gasteiger partial charge in [0.25, 0.3) is 5.91 Å². The molecule has 1 rings (SSSR count). The molecule has 0 heterocycles. The molecule has 0 aliphatic carbocycles. The molecule has 0 fully saturated rings. The average molecular weight is 267 g/mol. The Morgan fingerprint density at radius 2 is 1.79 bits per heavy atom. The number of aliphatic carboxylic acids is 1. The summed E-state index contributed by atoms with van der Waals surface area (Å²) >= 11 is 0. The highest BCUT2D eigenvalue weighted by atomic mass is 16.4. The van der Waals surface area contributed by atoms with Gasteiger partial charge in [-0.1, -0.05) is 19.8 Å². The molecule has 0 saturated heterocycles. The Kier molecular flexibility index (Phi) is 5.17.